The molecule has 0 spiro atoms. The van der Waals surface area contributed by atoms with E-state index in [1.54, 1.807) is 6.33 Å². The van der Waals surface area contributed by atoms with E-state index >= 15 is 0 Å². The maximum Gasteiger partial charge on any atom is 0.146 e. The Labute approximate surface area is 120 Å². The van der Waals surface area contributed by atoms with E-state index in [4.69, 9.17) is 0 Å². The van der Waals surface area contributed by atoms with Crippen LogP contribution in [0.2, 0.25) is 0 Å². The first-order valence-corrected chi connectivity index (χ1v) is 7.30. The van der Waals surface area contributed by atoms with Crippen LogP contribution in [0.5, 0.6) is 0 Å². The molecular weight excluding hydrogens is 252 g/mol. The van der Waals surface area contributed by atoms with Gasteiger partial charge < -0.3 is 9.67 Å². The van der Waals surface area contributed by atoms with Crippen molar-refractivity contribution in [1.82, 2.24) is 19.3 Å². The molecule has 0 aliphatic rings. The lowest BCUT2D eigenvalue weighted by Gasteiger charge is -2.09. The Morgan fingerprint density at radius 2 is 2.15 bits per heavy atom. The van der Waals surface area contributed by atoms with E-state index in [0.29, 0.717) is 12.5 Å². The highest BCUT2D eigenvalue weighted by Gasteiger charge is 2.10. The van der Waals surface area contributed by atoms with Crippen LogP contribution in [0.3, 0.4) is 0 Å². The van der Waals surface area contributed by atoms with Crippen LogP contribution in [0.15, 0.2) is 24.8 Å². The highest BCUT2D eigenvalue weighted by atomic mass is 16.3. The lowest BCUT2D eigenvalue weighted by Crippen LogP contribution is -2.12. The first-order valence-electron chi connectivity index (χ1n) is 7.30. The Morgan fingerprint density at radius 1 is 1.35 bits per heavy atom. The van der Waals surface area contributed by atoms with Gasteiger partial charge in [-0.2, -0.15) is 5.10 Å². The summed E-state index contributed by atoms with van der Waals surface area (Å²) in [6.45, 7) is 7.97. The molecule has 0 aliphatic heterocycles. The summed E-state index contributed by atoms with van der Waals surface area (Å²) in [5.41, 5.74) is 0.974. The van der Waals surface area contributed by atoms with Crippen molar-refractivity contribution in [1.29, 1.82) is 0 Å². The van der Waals surface area contributed by atoms with Crippen LogP contribution in [-0.2, 0) is 13.1 Å². The molecule has 1 atom stereocenters. The number of aliphatic hydroxyl groups excluding tert-OH is 1. The Bertz CT molecular complexity index is 529. The van der Waals surface area contributed by atoms with Gasteiger partial charge in [0.15, 0.2) is 0 Å². The topological polar surface area (TPSA) is 55.9 Å². The summed E-state index contributed by atoms with van der Waals surface area (Å²) in [4.78, 5) is 4.32. The first-order chi connectivity index (χ1) is 9.60. The summed E-state index contributed by atoms with van der Waals surface area (Å²) in [5, 5.41) is 14.3. The van der Waals surface area contributed by atoms with Crippen molar-refractivity contribution in [3.8, 4) is 0 Å². The van der Waals surface area contributed by atoms with Gasteiger partial charge in [-0.3, -0.25) is 0 Å². The second-order valence-corrected chi connectivity index (χ2v) is 5.67. The number of rotatable bonds is 7. The third kappa shape index (κ3) is 3.70. The van der Waals surface area contributed by atoms with Gasteiger partial charge in [-0.15, -0.1) is 0 Å². The van der Waals surface area contributed by atoms with Gasteiger partial charge in [-0.1, -0.05) is 27.2 Å². The highest BCUT2D eigenvalue weighted by molar-refractivity contribution is 5.14. The summed E-state index contributed by atoms with van der Waals surface area (Å²) in [5.74, 6) is 1.49. The van der Waals surface area contributed by atoms with Gasteiger partial charge in [0.1, 0.15) is 12.2 Å². The number of hydrogen-bond donors (Lipinski definition) is 1. The van der Waals surface area contributed by atoms with E-state index in [0.717, 1.165) is 30.8 Å². The second kappa shape index (κ2) is 6.70. The Kier molecular flexibility index (Phi) is 4.95. The molecule has 110 valence electrons. The van der Waals surface area contributed by atoms with Crippen LogP contribution in [0.4, 0.5) is 0 Å². The lowest BCUT2D eigenvalue weighted by molar-refractivity contribution is 0.166. The SMILES string of the molecule is CCCC(O)c1ccn(Cc2ncnn2CC(C)C)c1. The van der Waals surface area contributed by atoms with Gasteiger partial charge in [-0.05, 0) is 24.0 Å². The molecule has 0 saturated carbocycles. The van der Waals surface area contributed by atoms with Gasteiger partial charge in [0.05, 0.1) is 12.6 Å². The van der Waals surface area contributed by atoms with Crippen LogP contribution in [0.1, 0.15) is 51.1 Å². The van der Waals surface area contributed by atoms with E-state index in [1.807, 2.05) is 23.1 Å². The third-order valence-electron chi connectivity index (χ3n) is 3.28. The molecule has 2 rings (SSSR count). The largest absolute Gasteiger partial charge is 0.388 e. The van der Waals surface area contributed by atoms with Crippen LogP contribution in [-0.4, -0.2) is 24.4 Å². The normalized spacial score (nSPS) is 13.1. The van der Waals surface area contributed by atoms with Crippen molar-refractivity contribution in [3.63, 3.8) is 0 Å². The Hall–Kier alpha value is -1.62. The first kappa shape index (κ1) is 14.8. The summed E-state index contributed by atoms with van der Waals surface area (Å²) >= 11 is 0. The molecule has 5 nitrogen and oxygen atoms in total. The minimum absolute atomic E-state index is 0.366. The summed E-state index contributed by atoms with van der Waals surface area (Å²) < 4.78 is 4.00. The average molecular weight is 276 g/mol. The number of hydrogen-bond acceptors (Lipinski definition) is 3. The fourth-order valence-electron chi connectivity index (χ4n) is 2.27. The van der Waals surface area contributed by atoms with Crippen molar-refractivity contribution < 1.29 is 5.11 Å². The average Bonchev–Trinajstić information content (AvgIpc) is 3.00. The maximum atomic E-state index is 9.99. The second-order valence-electron chi connectivity index (χ2n) is 5.67. The van der Waals surface area contributed by atoms with Gasteiger partial charge in [0, 0.05) is 18.9 Å². The van der Waals surface area contributed by atoms with E-state index in [1.165, 1.54) is 0 Å². The standard InChI is InChI=1S/C15H24N4O/c1-4-5-14(20)13-6-7-18(9-13)10-15-16-11-17-19(15)8-12(2)3/h6-7,9,11-12,14,20H,4-5,8,10H2,1-3H3. The fourth-order valence-corrected chi connectivity index (χ4v) is 2.27. The van der Waals surface area contributed by atoms with Gasteiger partial charge >= 0.3 is 0 Å². The predicted octanol–water partition coefficient (Wildman–Crippen LogP) is 2.62. The Balaban J connectivity index is 2.05. The van der Waals surface area contributed by atoms with Crippen molar-refractivity contribution in [3.05, 3.63) is 36.2 Å². The van der Waals surface area contributed by atoms with Gasteiger partial charge in [0.2, 0.25) is 0 Å². The number of nitrogens with zero attached hydrogens (tertiary/aromatic N) is 4. The summed E-state index contributed by atoms with van der Waals surface area (Å²) in [6.07, 6.45) is 7.00. The van der Waals surface area contributed by atoms with Crippen LogP contribution >= 0.6 is 0 Å². The minimum atomic E-state index is -0.366. The smallest absolute Gasteiger partial charge is 0.146 e. The van der Waals surface area contributed by atoms with Crippen LogP contribution in [0, 0.1) is 5.92 Å². The molecule has 0 bridgehead atoms. The van der Waals surface area contributed by atoms with E-state index in [-0.39, 0.29) is 6.10 Å². The Morgan fingerprint density at radius 3 is 2.85 bits per heavy atom. The fraction of sp³-hybridized carbons (Fsp3) is 0.600. The zero-order valence-electron chi connectivity index (χ0n) is 12.5. The van der Waals surface area contributed by atoms with E-state index in [2.05, 4.69) is 35.4 Å². The zero-order valence-corrected chi connectivity index (χ0v) is 12.5. The predicted molar refractivity (Wildman–Crippen MR) is 78.3 cm³/mol. The van der Waals surface area contributed by atoms with Crippen LogP contribution < -0.4 is 0 Å². The molecule has 20 heavy (non-hydrogen) atoms. The minimum Gasteiger partial charge on any atom is -0.388 e. The molecule has 0 fully saturated rings. The van der Waals surface area contributed by atoms with Crippen molar-refractivity contribution >= 4 is 0 Å². The molecule has 5 heteroatoms. The molecule has 0 radical (unpaired) electrons. The summed E-state index contributed by atoms with van der Waals surface area (Å²) in [6, 6.07) is 1.98. The van der Waals surface area contributed by atoms with Gasteiger partial charge in [0.25, 0.3) is 0 Å². The van der Waals surface area contributed by atoms with Gasteiger partial charge in [-0.25, -0.2) is 9.67 Å². The molecule has 0 aromatic carbocycles. The molecule has 0 aliphatic carbocycles. The highest BCUT2D eigenvalue weighted by Crippen LogP contribution is 2.18. The quantitative estimate of drug-likeness (QED) is 0.845. The van der Waals surface area contributed by atoms with E-state index < -0.39 is 0 Å². The van der Waals surface area contributed by atoms with Crippen LogP contribution in [0.25, 0.3) is 0 Å². The monoisotopic (exact) mass is 276 g/mol. The zero-order chi connectivity index (χ0) is 14.5. The van der Waals surface area contributed by atoms with E-state index in [9.17, 15) is 5.11 Å². The molecule has 2 aromatic rings. The number of aliphatic hydroxyl groups is 1. The molecule has 1 unspecified atom stereocenters. The molecule has 0 saturated heterocycles. The molecule has 2 aromatic heterocycles. The van der Waals surface area contributed by atoms with Crippen molar-refractivity contribution in [2.45, 2.75) is 52.8 Å². The summed E-state index contributed by atoms with van der Waals surface area (Å²) in [7, 11) is 0. The molecule has 1 N–H and O–H groups in total. The maximum absolute atomic E-state index is 9.99. The third-order valence-corrected chi connectivity index (χ3v) is 3.28. The molecule has 2 heterocycles. The van der Waals surface area contributed by atoms with Crippen molar-refractivity contribution in [2.75, 3.05) is 0 Å². The molecular formula is C15H24N4O. The molecule has 0 amide bonds. The number of aromatic nitrogens is 4. The lowest BCUT2D eigenvalue weighted by atomic mass is 10.1. The van der Waals surface area contributed by atoms with Crippen molar-refractivity contribution in [2.24, 2.45) is 5.92 Å².